The lowest BCUT2D eigenvalue weighted by atomic mass is 10.2. The lowest BCUT2D eigenvalue weighted by molar-refractivity contribution is -0.129. The molecule has 5 amide bonds. The Hall–Kier alpha value is -6.94. The van der Waals surface area contributed by atoms with Crippen LogP contribution in [-0.2, 0) is 4.79 Å². The number of halogens is 5. The van der Waals surface area contributed by atoms with Gasteiger partial charge in [-0.3, -0.25) is 24.0 Å². The van der Waals surface area contributed by atoms with Crippen molar-refractivity contribution < 1.29 is 32.8 Å². The molecule has 3 heterocycles. The molecule has 1 aliphatic rings. The van der Waals surface area contributed by atoms with E-state index >= 15 is 0 Å². The first kappa shape index (κ1) is 44.6. The highest BCUT2D eigenvalue weighted by Gasteiger charge is 2.20. The van der Waals surface area contributed by atoms with Gasteiger partial charge in [0.2, 0.25) is 5.91 Å². The molecule has 7 rings (SSSR count). The van der Waals surface area contributed by atoms with Gasteiger partial charge < -0.3 is 31.1 Å². The lowest BCUT2D eigenvalue weighted by Gasteiger charge is -2.34. The zero-order valence-corrected chi connectivity index (χ0v) is 34.9. The number of carbonyl (C=O) groups is 5. The number of pyridine rings is 2. The Morgan fingerprint density at radius 3 is 1.34 bits per heavy atom. The first-order valence-electron chi connectivity index (χ1n) is 18.7. The van der Waals surface area contributed by atoms with Crippen LogP contribution >= 0.6 is 34.8 Å². The molecule has 1 saturated heterocycles. The fraction of sp³-hybridized carbons (Fsp3) is 0.114. The van der Waals surface area contributed by atoms with Crippen LogP contribution in [0.25, 0.3) is 0 Å². The predicted octanol–water partition coefficient (Wildman–Crippen LogP) is 9.08. The number of benzene rings is 4. The molecule has 0 spiro atoms. The molecule has 0 atom stereocenters. The molecule has 0 saturated carbocycles. The van der Waals surface area contributed by atoms with E-state index in [1.54, 1.807) is 42.2 Å². The summed E-state index contributed by atoms with van der Waals surface area (Å²) in [7, 11) is 0. The second-order valence-electron chi connectivity index (χ2n) is 13.5. The van der Waals surface area contributed by atoms with E-state index in [1.165, 1.54) is 91.3 Å². The fourth-order valence-electron chi connectivity index (χ4n) is 5.86. The molecule has 18 heteroatoms. The molecule has 4 aromatic carbocycles. The summed E-state index contributed by atoms with van der Waals surface area (Å²) >= 11 is 18.0. The highest BCUT2D eigenvalue weighted by molar-refractivity contribution is 6.34. The molecular formula is C44H35Cl3F2N8O5. The van der Waals surface area contributed by atoms with Crippen molar-refractivity contribution in [3.63, 3.8) is 0 Å². The van der Waals surface area contributed by atoms with Crippen LogP contribution in [-0.4, -0.2) is 70.6 Å². The molecule has 2 aromatic heterocycles. The predicted molar refractivity (Wildman–Crippen MR) is 235 cm³/mol. The second kappa shape index (κ2) is 20.5. The van der Waals surface area contributed by atoms with Crippen molar-refractivity contribution in [1.29, 1.82) is 0 Å². The smallest absolute Gasteiger partial charge is 0.257 e. The number of nitrogens with zero attached hydrogens (tertiary/aromatic N) is 4. The van der Waals surface area contributed by atoms with E-state index in [0.717, 1.165) is 5.82 Å². The van der Waals surface area contributed by atoms with Crippen molar-refractivity contribution in [3.05, 3.63) is 171 Å². The van der Waals surface area contributed by atoms with Crippen molar-refractivity contribution in [2.75, 3.05) is 52.3 Å². The molecule has 0 radical (unpaired) electrons. The Morgan fingerprint density at radius 2 is 0.935 bits per heavy atom. The summed E-state index contributed by atoms with van der Waals surface area (Å²) in [6, 6.07) is 26.1. The Bertz CT molecular complexity index is 2600. The normalized spacial score (nSPS) is 12.0. The van der Waals surface area contributed by atoms with Crippen molar-refractivity contribution in [2.24, 2.45) is 0 Å². The number of piperazine rings is 1. The third-order valence-corrected chi connectivity index (χ3v) is 10.1. The maximum absolute atomic E-state index is 13.1. The minimum atomic E-state index is -0.459. The number of hydrogen-bond donors (Lipinski definition) is 4. The van der Waals surface area contributed by atoms with Gasteiger partial charge in [0.1, 0.15) is 22.6 Å². The van der Waals surface area contributed by atoms with Gasteiger partial charge >= 0.3 is 0 Å². The Labute approximate surface area is 369 Å². The number of carbonyl (C=O) groups excluding carboxylic acids is 5. The third kappa shape index (κ3) is 12.1. The number of hydrogen-bond acceptors (Lipinski definition) is 8. The Kier molecular flexibility index (Phi) is 14.8. The first-order valence-corrected chi connectivity index (χ1v) is 19.8. The van der Waals surface area contributed by atoms with Crippen LogP contribution in [0, 0.1) is 11.6 Å². The summed E-state index contributed by atoms with van der Waals surface area (Å²) in [5.41, 5.74) is 2.69. The first-order chi connectivity index (χ1) is 29.7. The lowest BCUT2D eigenvalue weighted by Crippen LogP contribution is -2.48. The van der Waals surface area contributed by atoms with Crippen LogP contribution < -0.4 is 26.2 Å². The van der Waals surface area contributed by atoms with E-state index in [9.17, 15) is 32.8 Å². The number of nitrogens with one attached hydrogen (secondary N) is 4. The molecule has 0 bridgehead atoms. The van der Waals surface area contributed by atoms with Gasteiger partial charge in [0.05, 0.1) is 32.5 Å². The standard InChI is InChI=1S/C25H23ClFN5O3.C19H12Cl2FN3O2/c1-16(33)31-10-12-32(13-11-31)23-9-4-18(15-28-23)25(35)29-20-7-8-21(26)22(14-20)30-24(34)17-2-5-19(27)6-3-17;20-15-7-6-14(24-19(27)12-3-8-17(21)23-10-12)9-16(15)25-18(26)11-1-4-13(22)5-2-11/h2-9,14-15H,10-13H2,1H3,(H,29,35)(H,30,34);1-10H,(H,24,27)(H,25,26). The topological polar surface area (TPSA) is 166 Å². The van der Waals surface area contributed by atoms with Crippen LogP contribution in [0.4, 0.5) is 37.3 Å². The largest absolute Gasteiger partial charge is 0.353 e. The summed E-state index contributed by atoms with van der Waals surface area (Å²) in [5.74, 6) is -1.76. The van der Waals surface area contributed by atoms with E-state index in [0.29, 0.717) is 60.1 Å². The second-order valence-corrected chi connectivity index (χ2v) is 14.7. The number of aromatic nitrogens is 2. The molecule has 0 unspecified atom stereocenters. The molecule has 6 aromatic rings. The third-order valence-electron chi connectivity index (χ3n) is 9.21. The van der Waals surface area contributed by atoms with Crippen molar-refractivity contribution in [3.8, 4) is 0 Å². The minimum Gasteiger partial charge on any atom is -0.353 e. The fourth-order valence-corrected chi connectivity index (χ4v) is 6.31. The van der Waals surface area contributed by atoms with E-state index in [2.05, 4.69) is 36.1 Å². The van der Waals surface area contributed by atoms with Crippen LogP contribution in [0.1, 0.15) is 48.4 Å². The van der Waals surface area contributed by atoms with Gasteiger partial charge in [-0.05, 0) is 109 Å². The molecule has 1 aliphatic heterocycles. The molecule has 0 aliphatic carbocycles. The van der Waals surface area contributed by atoms with Gasteiger partial charge in [-0.2, -0.15) is 0 Å². The average molecular weight is 900 g/mol. The number of rotatable bonds is 9. The highest BCUT2D eigenvalue weighted by Crippen LogP contribution is 2.28. The molecular weight excluding hydrogens is 865 g/mol. The molecule has 1 fully saturated rings. The summed E-state index contributed by atoms with van der Waals surface area (Å²) in [6.45, 7) is 4.18. The van der Waals surface area contributed by atoms with Gasteiger partial charge in [-0.15, -0.1) is 0 Å². The van der Waals surface area contributed by atoms with E-state index < -0.39 is 29.4 Å². The molecule has 4 N–H and O–H groups in total. The Morgan fingerprint density at radius 1 is 0.516 bits per heavy atom. The van der Waals surface area contributed by atoms with Gasteiger partial charge in [-0.1, -0.05) is 34.8 Å². The van der Waals surface area contributed by atoms with E-state index in [-0.39, 0.29) is 38.1 Å². The van der Waals surface area contributed by atoms with Crippen LogP contribution in [0.15, 0.2) is 122 Å². The maximum atomic E-state index is 13.1. The summed E-state index contributed by atoms with van der Waals surface area (Å²) in [4.78, 5) is 73.3. The zero-order chi connectivity index (χ0) is 44.3. The van der Waals surface area contributed by atoms with Crippen LogP contribution in [0.3, 0.4) is 0 Å². The highest BCUT2D eigenvalue weighted by atomic mass is 35.5. The van der Waals surface area contributed by atoms with E-state index in [4.69, 9.17) is 34.8 Å². The maximum Gasteiger partial charge on any atom is 0.257 e. The molecule has 62 heavy (non-hydrogen) atoms. The molecule has 13 nitrogen and oxygen atoms in total. The van der Waals surface area contributed by atoms with Crippen molar-refractivity contribution in [2.45, 2.75) is 6.92 Å². The van der Waals surface area contributed by atoms with Gasteiger partial charge in [-0.25, -0.2) is 18.7 Å². The summed E-state index contributed by atoms with van der Waals surface area (Å²) in [5, 5.41) is 11.6. The Balaban J connectivity index is 0.000000214. The molecule has 316 valence electrons. The zero-order valence-electron chi connectivity index (χ0n) is 32.6. The SMILES string of the molecule is CC(=O)N1CCN(c2ccc(C(=O)Nc3ccc(Cl)c(NC(=O)c4ccc(F)cc4)c3)cn2)CC1.O=C(Nc1ccc(Cl)c(NC(=O)c2ccc(F)cc2)c1)c1ccc(Cl)nc1. The van der Waals surface area contributed by atoms with Gasteiger partial charge in [0.25, 0.3) is 23.6 Å². The van der Waals surface area contributed by atoms with Gasteiger partial charge in [0.15, 0.2) is 0 Å². The van der Waals surface area contributed by atoms with E-state index in [1.807, 2.05) is 0 Å². The monoisotopic (exact) mass is 898 g/mol. The number of amides is 5. The summed E-state index contributed by atoms with van der Waals surface area (Å²) < 4.78 is 26.1. The van der Waals surface area contributed by atoms with Crippen LogP contribution in [0.2, 0.25) is 15.2 Å². The van der Waals surface area contributed by atoms with Crippen molar-refractivity contribution in [1.82, 2.24) is 14.9 Å². The average Bonchev–Trinajstić information content (AvgIpc) is 3.27. The van der Waals surface area contributed by atoms with Gasteiger partial charge in [0, 0.05) is 68.0 Å². The van der Waals surface area contributed by atoms with Crippen LogP contribution in [0.5, 0.6) is 0 Å². The number of anilines is 5. The van der Waals surface area contributed by atoms with Crippen molar-refractivity contribution >= 4 is 92.9 Å². The minimum absolute atomic E-state index is 0.0602. The quantitative estimate of drug-likeness (QED) is 0.104. The summed E-state index contributed by atoms with van der Waals surface area (Å²) in [6.07, 6.45) is 2.85.